The fourth-order valence-corrected chi connectivity index (χ4v) is 4.34. The van der Waals surface area contributed by atoms with Crippen LogP contribution in [0.2, 0.25) is 0 Å². The first kappa shape index (κ1) is 18.3. The maximum atomic E-state index is 12.8. The zero-order valence-corrected chi connectivity index (χ0v) is 16.5. The summed E-state index contributed by atoms with van der Waals surface area (Å²) in [7, 11) is 0. The van der Waals surface area contributed by atoms with Gasteiger partial charge in [-0.2, -0.15) is 0 Å². The van der Waals surface area contributed by atoms with Gasteiger partial charge in [-0.15, -0.1) is 0 Å². The van der Waals surface area contributed by atoms with Gasteiger partial charge in [0.05, 0.1) is 6.54 Å². The van der Waals surface area contributed by atoms with E-state index in [4.69, 9.17) is 0 Å². The van der Waals surface area contributed by atoms with Crippen LogP contribution in [-0.4, -0.2) is 64.4 Å². The van der Waals surface area contributed by atoms with E-state index in [1.165, 1.54) is 16.8 Å². The van der Waals surface area contributed by atoms with E-state index in [-0.39, 0.29) is 5.91 Å². The van der Waals surface area contributed by atoms with Crippen molar-refractivity contribution in [3.05, 3.63) is 59.4 Å². The molecule has 4 rings (SSSR count). The lowest BCUT2D eigenvalue weighted by molar-refractivity contribution is -0.135. The molecule has 2 aliphatic heterocycles. The molecule has 0 bridgehead atoms. The van der Waals surface area contributed by atoms with Crippen LogP contribution in [0.3, 0.4) is 0 Å². The van der Waals surface area contributed by atoms with Crippen molar-refractivity contribution in [3.63, 3.8) is 0 Å². The third-order valence-electron chi connectivity index (χ3n) is 6.02. The zero-order valence-electron chi connectivity index (χ0n) is 16.5. The molecule has 0 N–H and O–H groups in total. The quantitative estimate of drug-likeness (QED) is 0.833. The fourth-order valence-electron chi connectivity index (χ4n) is 4.34. The highest BCUT2D eigenvalue weighted by Gasteiger charge is 2.28. The Morgan fingerprint density at radius 2 is 1.85 bits per heavy atom. The van der Waals surface area contributed by atoms with Crippen LogP contribution in [0.25, 0.3) is 0 Å². The van der Waals surface area contributed by atoms with Crippen molar-refractivity contribution >= 4 is 5.91 Å². The Kier molecular flexibility index (Phi) is 5.32. The number of nitrogens with zero attached hydrogens (tertiary/aromatic N) is 4. The molecule has 1 fully saturated rings. The largest absolute Gasteiger partial charge is 0.349 e. The Hall–Kier alpha value is -2.11. The SMILES string of the molecule is Cc1cccc(CN2CCN(C(=O)CN3CCn4cccc4[C@@H]3C)CC2)c1. The van der Waals surface area contributed by atoms with Crippen molar-refractivity contribution in [2.75, 3.05) is 39.3 Å². The second-order valence-electron chi connectivity index (χ2n) is 7.92. The van der Waals surface area contributed by atoms with Crippen LogP contribution in [0.1, 0.15) is 29.8 Å². The minimum absolute atomic E-state index is 0.275. The molecular weight excluding hydrogens is 336 g/mol. The number of carbonyl (C=O) groups excluding carboxylic acids is 1. The van der Waals surface area contributed by atoms with Crippen LogP contribution >= 0.6 is 0 Å². The summed E-state index contributed by atoms with van der Waals surface area (Å²) in [5.74, 6) is 0.275. The highest BCUT2D eigenvalue weighted by molar-refractivity contribution is 5.78. The molecule has 5 nitrogen and oxygen atoms in total. The fraction of sp³-hybridized carbons (Fsp3) is 0.500. The Morgan fingerprint density at radius 1 is 1.04 bits per heavy atom. The lowest BCUT2D eigenvalue weighted by Crippen LogP contribution is -2.51. The van der Waals surface area contributed by atoms with Crippen LogP contribution < -0.4 is 0 Å². The van der Waals surface area contributed by atoms with E-state index in [2.05, 4.69) is 70.8 Å². The molecule has 2 aliphatic rings. The third kappa shape index (κ3) is 4.09. The number of rotatable bonds is 4. The molecule has 0 saturated carbocycles. The summed E-state index contributed by atoms with van der Waals surface area (Å²) in [5, 5.41) is 0. The molecule has 1 amide bonds. The van der Waals surface area contributed by atoms with E-state index in [0.717, 1.165) is 45.8 Å². The van der Waals surface area contributed by atoms with Crippen LogP contribution in [0, 0.1) is 6.92 Å². The third-order valence-corrected chi connectivity index (χ3v) is 6.02. The Morgan fingerprint density at radius 3 is 2.63 bits per heavy atom. The number of aromatic nitrogens is 1. The maximum Gasteiger partial charge on any atom is 0.236 e. The van der Waals surface area contributed by atoms with Gasteiger partial charge in [0.15, 0.2) is 0 Å². The molecule has 1 saturated heterocycles. The molecule has 3 heterocycles. The first-order chi connectivity index (χ1) is 13.1. The smallest absolute Gasteiger partial charge is 0.236 e. The molecule has 1 aromatic carbocycles. The predicted molar refractivity (Wildman–Crippen MR) is 107 cm³/mol. The standard InChI is InChI=1S/C22H30N4O/c1-18-5-3-6-20(15-18)16-23-9-11-25(12-10-23)22(27)17-26-14-13-24-8-4-7-21(24)19(26)2/h3-8,15,19H,9-14,16-17H2,1-2H3/t19-/m0/s1. The molecule has 2 aromatic rings. The molecule has 5 heteroatoms. The van der Waals surface area contributed by atoms with E-state index in [1.54, 1.807) is 0 Å². The number of piperazine rings is 1. The molecule has 0 spiro atoms. The maximum absolute atomic E-state index is 12.8. The second kappa shape index (κ2) is 7.87. The molecule has 0 unspecified atom stereocenters. The number of carbonyl (C=O) groups is 1. The van der Waals surface area contributed by atoms with Gasteiger partial charge in [-0.1, -0.05) is 29.8 Å². The highest BCUT2D eigenvalue weighted by Crippen LogP contribution is 2.25. The number of benzene rings is 1. The number of hydrogen-bond acceptors (Lipinski definition) is 3. The molecule has 0 radical (unpaired) electrons. The summed E-state index contributed by atoms with van der Waals surface area (Å²) in [6.07, 6.45) is 2.14. The van der Waals surface area contributed by atoms with Gasteiger partial charge in [0.25, 0.3) is 0 Å². The first-order valence-corrected chi connectivity index (χ1v) is 10.0. The topological polar surface area (TPSA) is 31.7 Å². The summed E-state index contributed by atoms with van der Waals surface area (Å²) in [6.45, 7) is 11.4. The minimum Gasteiger partial charge on any atom is -0.349 e. The van der Waals surface area contributed by atoms with Crippen molar-refractivity contribution in [1.82, 2.24) is 19.3 Å². The van der Waals surface area contributed by atoms with E-state index in [9.17, 15) is 4.79 Å². The normalized spacial score (nSPS) is 21.3. The van der Waals surface area contributed by atoms with E-state index >= 15 is 0 Å². The molecule has 1 atom stereocenters. The van der Waals surface area contributed by atoms with Gasteiger partial charge in [-0.25, -0.2) is 0 Å². The van der Waals surface area contributed by atoms with Crippen molar-refractivity contribution in [2.24, 2.45) is 0 Å². The minimum atomic E-state index is 0.275. The van der Waals surface area contributed by atoms with Crippen LogP contribution in [0.15, 0.2) is 42.6 Å². The van der Waals surface area contributed by atoms with E-state index in [1.807, 2.05) is 4.90 Å². The van der Waals surface area contributed by atoms with E-state index in [0.29, 0.717) is 12.6 Å². The number of aryl methyl sites for hydroxylation is 1. The van der Waals surface area contributed by atoms with Crippen molar-refractivity contribution < 1.29 is 4.79 Å². The lowest BCUT2D eigenvalue weighted by atomic mass is 10.1. The molecule has 27 heavy (non-hydrogen) atoms. The van der Waals surface area contributed by atoms with Gasteiger partial charge >= 0.3 is 0 Å². The second-order valence-corrected chi connectivity index (χ2v) is 7.92. The van der Waals surface area contributed by atoms with Gasteiger partial charge < -0.3 is 9.47 Å². The number of amides is 1. The molecule has 1 aromatic heterocycles. The summed E-state index contributed by atoms with van der Waals surface area (Å²) in [4.78, 5) is 19.6. The van der Waals surface area contributed by atoms with Crippen LogP contribution in [0.5, 0.6) is 0 Å². The Labute approximate surface area is 162 Å². The van der Waals surface area contributed by atoms with Crippen molar-refractivity contribution in [2.45, 2.75) is 33.0 Å². The number of fused-ring (bicyclic) bond motifs is 1. The zero-order chi connectivity index (χ0) is 18.8. The van der Waals surface area contributed by atoms with Gasteiger partial charge in [-0.05, 0) is 31.5 Å². The summed E-state index contributed by atoms with van der Waals surface area (Å²) >= 11 is 0. The van der Waals surface area contributed by atoms with Crippen molar-refractivity contribution in [1.29, 1.82) is 0 Å². The summed E-state index contributed by atoms with van der Waals surface area (Å²) in [6, 6.07) is 13.3. The van der Waals surface area contributed by atoms with Gasteiger partial charge in [0.1, 0.15) is 0 Å². The molecule has 0 aliphatic carbocycles. The first-order valence-electron chi connectivity index (χ1n) is 10.0. The Bertz CT molecular complexity index is 791. The van der Waals surface area contributed by atoms with Gasteiger partial charge in [0, 0.05) is 63.7 Å². The average Bonchev–Trinajstić information content (AvgIpc) is 3.14. The van der Waals surface area contributed by atoms with Gasteiger partial charge in [0.2, 0.25) is 5.91 Å². The summed E-state index contributed by atoms with van der Waals surface area (Å²) in [5.41, 5.74) is 3.99. The monoisotopic (exact) mass is 366 g/mol. The van der Waals surface area contributed by atoms with Crippen LogP contribution in [0.4, 0.5) is 0 Å². The van der Waals surface area contributed by atoms with Gasteiger partial charge in [-0.3, -0.25) is 14.6 Å². The van der Waals surface area contributed by atoms with Crippen molar-refractivity contribution in [3.8, 4) is 0 Å². The molecule has 144 valence electrons. The summed E-state index contributed by atoms with van der Waals surface area (Å²) < 4.78 is 2.30. The number of hydrogen-bond donors (Lipinski definition) is 0. The highest BCUT2D eigenvalue weighted by atomic mass is 16.2. The molecular formula is C22H30N4O. The van der Waals surface area contributed by atoms with E-state index < -0.39 is 0 Å². The average molecular weight is 367 g/mol. The lowest BCUT2D eigenvalue weighted by Gasteiger charge is -2.38. The predicted octanol–water partition coefficient (Wildman–Crippen LogP) is 2.52. The Balaban J connectivity index is 1.28. The van der Waals surface area contributed by atoms with Crippen LogP contribution in [-0.2, 0) is 17.9 Å².